The number of imidazole rings is 1. The summed E-state index contributed by atoms with van der Waals surface area (Å²) in [4.78, 5) is 38.4. The number of carbonyl (C=O) groups excluding carboxylic acids is 1. The molecule has 6 rings (SSSR count). The van der Waals surface area contributed by atoms with Crippen molar-refractivity contribution in [3.05, 3.63) is 59.9 Å². The third-order valence-corrected chi connectivity index (χ3v) is 7.73. The van der Waals surface area contributed by atoms with Crippen molar-refractivity contribution in [3.8, 4) is 17.0 Å². The lowest BCUT2D eigenvalue weighted by Crippen LogP contribution is -2.49. The van der Waals surface area contributed by atoms with Crippen molar-refractivity contribution < 1.29 is 14.3 Å². The maximum atomic E-state index is 12.4. The number of piperazine rings is 1. The molecule has 3 aromatic heterocycles. The maximum absolute atomic E-state index is 12.4. The lowest BCUT2D eigenvalue weighted by Gasteiger charge is -2.35. The normalized spacial score (nSPS) is 16.0. The van der Waals surface area contributed by atoms with Crippen LogP contribution in [0.3, 0.4) is 0 Å². The fourth-order valence-corrected chi connectivity index (χ4v) is 5.32. The molecule has 2 aliphatic rings. The van der Waals surface area contributed by atoms with E-state index in [1.54, 1.807) is 18.3 Å². The van der Waals surface area contributed by atoms with Gasteiger partial charge in [-0.1, -0.05) is 6.07 Å². The van der Waals surface area contributed by atoms with Crippen LogP contribution in [-0.2, 0) is 17.7 Å². The van der Waals surface area contributed by atoms with E-state index in [9.17, 15) is 4.79 Å². The number of H-pyrrole nitrogens is 1. The number of methoxy groups -OCH3 is 1. The number of aromatic amines is 1. The second kappa shape index (κ2) is 12.2. The molecule has 1 saturated heterocycles. The molecule has 0 radical (unpaired) electrons. The first-order valence-corrected chi connectivity index (χ1v) is 15.0. The number of nitrogens with one attached hydrogen (secondary N) is 2. The van der Waals surface area contributed by atoms with Crippen molar-refractivity contribution in [1.82, 2.24) is 34.7 Å². The van der Waals surface area contributed by atoms with Crippen LogP contribution in [0, 0.1) is 5.92 Å². The third kappa shape index (κ3) is 7.22. The van der Waals surface area contributed by atoms with Crippen molar-refractivity contribution in [3.63, 3.8) is 0 Å². The lowest BCUT2D eigenvalue weighted by atomic mass is 10.1. The summed E-state index contributed by atoms with van der Waals surface area (Å²) in [5, 5.41) is 3.42. The Morgan fingerprint density at radius 1 is 1.07 bits per heavy atom. The van der Waals surface area contributed by atoms with E-state index in [1.165, 1.54) is 18.4 Å². The number of fused-ring (bicyclic) bond motifs is 1. The topological polar surface area (TPSA) is 121 Å². The van der Waals surface area contributed by atoms with E-state index in [0.29, 0.717) is 25.3 Å². The van der Waals surface area contributed by atoms with Gasteiger partial charge in [0.15, 0.2) is 11.6 Å². The predicted molar refractivity (Wildman–Crippen MR) is 165 cm³/mol. The van der Waals surface area contributed by atoms with Crippen molar-refractivity contribution in [2.24, 2.45) is 5.92 Å². The number of aromatic nitrogens is 5. The summed E-state index contributed by atoms with van der Waals surface area (Å²) in [5.74, 6) is 2.94. The molecule has 0 spiro atoms. The standard InChI is InChI=1S/C32H40N8O3/c1-32(2,3)43-31(41)40-13-11-39(12-14-40)19-22-9-10-33-24(15-22)17-27-37-25-8-7-23(16-26(25)38-27)28-29(42-4)30(36-20-35-28)34-18-21-5-6-21/h7-10,15-16,20-21H,5-6,11-14,17-19H2,1-4H3,(H,37,38)(H,34,35,36). The van der Waals surface area contributed by atoms with Crippen LogP contribution < -0.4 is 10.1 Å². The van der Waals surface area contributed by atoms with Gasteiger partial charge in [-0.05, 0) is 69.4 Å². The van der Waals surface area contributed by atoms with Gasteiger partial charge in [0.05, 0.1) is 18.1 Å². The monoisotopic (exact) mass is 584 g/mol. The van der Waals surface area contributed by atoms with Crippen molar-refractivity contribution in [2.45, 2.75) is 52.2 Å². The van der Waals surface area contributed by atoms with E-state index < -0.39 is 5.60 Å². The Morgan fingerprint density at radius 2 is 1.88 bits per heavy atom. The van der Waals surface area contributed by atoms with Gasteiger partial charge in [0, 0.05) is 63.1 Å². The van der Waals surface area contributed by atoms with Gasteiger partial charge in [0.25, 0.3) is 0 Å². The Balaban J connectivity index is 1.10. The smallest absolute Gasteiger partial charge is 0.410 e. The van der Waals surface area contributed by atoms with Crippen LogP contribution in [0.1, 0.15) is 50.7 Å². The number of pyridine rings is 1. The summed E-state index contributed by atoms with van der Waals surface area (Å²) in [7, 11) is 1.66. The molecule has 2 fully saturated rings. The minimum absolute atomic E-state index is 0.238. The Hall–Kier alpha value is -4.25. The minimum atomic E-state index is -0.482. The zero-order chi connectivity index (χ0) is 30.0. The number of hydrogen-bond donors (Lipinski definition) is 2. The van der Waals surface area contributed by atoms with Gasteiger partial charge in [0.1, 0.15) is 23.4 Å². The quantitative estimate of drug-likeness (QED) is 0.283. The van der Waals surface area contributed by atoms with E-state index in [2.05, 4.69) is 48.4 Å². The van der Waals surface area contributed by atoms with E-state index in [0.717, 1.165) is 71.7 Å². The molecule has 1 aromatic carbocycles. The molecule has 226 valence electrons. The van der Waals surface area contributed by atoms with Crippen LogP contribution in [0.2, 0.25) is 0 Å². The molecule has 4 heterocycles. The first-order valence-electron chi connectivity index (χ1n) is 15.0. The highest BCUT2D eigenvalue weighted by Gasteiger charge is 2.26. The van der Waals surface area contributed by atoms with E-state index in [1.807, 2.05) is 39.1 Å². The lowest BCUT2D eigenvalue weighted by molar-refractivity contribution is 0.0139. The number of rotatable bonds is 9. The fourth-order valence-electron chi connectivity index (χ4n) is 5.32. The molecule has 0 bridgehead atoms. The number of ether oxygens (including phenoxy) is 2. The van der Waals surface area contributed by atoms with Crippen LogP contribution in [0.15, 0.2) is 42.9 Å². The van der Waals surface area contributed by atoms with Gasteiger partial charge < -0.3 is 24.7 Å². The summed E-state index contributed by atoms with van der Waals surface area (Å²) in [5.41, 5.74) is 5.16. The highest BCUT2D eigenvalue weighted by Crippen LogP contribution is 2.35. The summed E-state index contributed by atoms with van der Waals surface area (Å²) in [6, 6.07) is 10.3. The predicted octanol–water partition coefficient (Wildman–Crippen LogP) is 4.89. The summed E-state index contributed by atoms with van der Waals surface area (Å²) in [6.45, 7) is 10.3. The fraction of sp³-hybridized carbons (Fsp3) is 0.469. The van der Waals surface area contributed by atoms with E-state index >= 15 is 0 Å². The van der Waals surface area contributed by atoms with Crippen LogP contribution in [-0.4, -0.2) is 86.2 Å². The first kappa shape index (κ1) is 28.9. The molecular formula is C32H40N8O3. The molecular weight excluding hydrogens is 544 g/mol. The molecule has 4 aromatic rings. The Labute approximate surface area is 252 Å². The van der Waals surface area contributed by atoms with Crippen molar-refractivity contribution in [1.29, 1.82) is 0 Å². The van der Waals surface area contributed by atoms with Gasteiger partial charge in [0.2, 0.25) is 0 Å². The molecule has 1 aliphatic heterocycles. The zero-order valence-electron chi connectivity index (χ0n) is 25.4. The Morgan fingerprint density at radius 3 is 2.63 bits per heavy atom. The number of nitrogens with zero attached hydrogens (tertiary/aromatic N) is 6. The van der Waals surface area contributed by atoms with E-state index in [-0.39, 0.29) is 6.09 Å². The molecule has 2 N–H and O–H groups in total. The molecule has 0 atom stereocenters. The Kier molecular flexibility index (Phi) is 8.16. The summed E-state index contributed by atoms with van der Waals surface area (Å²) >= 11 is 0. The zero-order valence-corrected chi connectivity index (χ0v) is 25.4. The van der Waals surface area contributed by atoms with Crippen molar-refractivity contribution in [2.75, 3.05) is 45.2 Å². The largest absolute Gasteiger partial charge is 0.491 e. The number of hydrogen-bond acceptors (Lipinski definition) is 9. The SMILES string of the molecule is COc1c(NCC2CC2)ncnc1-c1ccc2nc(Cc3cc(CN4CCN(C(=O)OC(C)(C)C)CC4)ccn3)[nH]c2c1. The second-order valence-corrected chi connectivity index (χ2v) is 12.4. The first-order chi connectivity index (χ1) is 20.7. The van der Waals surface area contributed by atoms with Crippen LogP contribution in [0.25, 0.3) is 22.3 Å². The molecule has 1 aliphatic carbocycles. The maximum Gasteiger partial charge on any atom is 0.410 e. The number of anilines is 1. The van der Waals surface area contributed by atoms with Gasteiger partial charge in [-0.25, -0.2) is 19.7 Å². The van der Waals surface area contributed by atoms with Crippen molar-refractivity contribution >= 4 is 22.9 Å². The average molecular weight is 585 g/mol. The second-order valence-electron chi connectivity index (χ2n) is 12.4. The number of carbonyl (C=O) groups is 1. The van der Waals surface area contributed by atoms with Gasteiger partial charge in [-0.15, -0.1) is 0 Å². The van der Waals surface area contributed by atoms with Crippen LogP contribution >= 0.6 is 0 Å². The van der Waals surface area contributed by atoms with Crippen LogP contribution in [0.5, 0.6) is 5.75 Å². The molecule has 0 unspecified atom stereocenters. The highest BCUT2D eigenvalue weighted by molar-refractivity contribution is 5.83. The average Bonchev–Trinajstić information content (AvgIpc) is 3.73. The molecule has 11 heteroatoms. The summed E-state index contributed by atoms with van der Waals surface area (Å²) in [6.07, 6.45) is 6.32. The van der Waals surface area contributed by atoms with Gasteiger partial charge in [-0.2, -0.15) is 0 Å². The molecule has 11 nitrogen and oxygen atoms in total. The third-order valence-electron chi connectivity index (χ3n) is 7.73. The van der Waals surface area contributed by atoms with Gasteiger partial charge in [-0.3, -0.25) is 9.88 Å². The van der Waals surface area contributed by atoms with Gasteiger partial charge >= 0.3 is 6.09 Å². The molecule has 43 heavy (non-hydrogen) atoms. The number of benzene rings is 1. The summed E-state index contributed by atoms with van der Waals surface area (Å²) < 4.78 is 11.3. The molecule has 1 saturated carbocycles. The van der Waals surface area contributed by atoms with E-state index in [4.69, 9.17) is 14.5 Å². The Bertz CT molecular complexity index is 1590. The minimum Gasteiger partial charge on any atom is -0.491 e. The number of amides is 1. The highest BCUT2D eigenvalue weighted by atomic mass is 16.6. The van der Waals surface area contributed by atoms with Crippen LogP contribution in [0.4, 0.5) is 10.6 Å². The molecule has 1 amide bonds.